The van der Waals surface area contributed by atoms with E-state index < -0.39 is 5.97 Å². The van der Waals surface area contributed by atoms with Gasteiger partial charge in [-0.05, 0) is 40.2 Å². The van der Waals surface area contributed by atoms with E-state index in [2.05, 4.69) is 20.9 Å². The number of aromatic nitrogens is 2. The van der Waals surface area contributed by atoms with Crippen molar-refractivity contribution in [3.05, 3.63) is 74.7 Å². The third-order valence-electron chi connectivity index (χ3n) is 3.17. The molecular formula is C16H11BrN2O3S. The van der Waals surface area contributed by atoms with Crippen LogP contribution >= 0.6 is 27.7 Å². The Balaban J connectivity index is 1.90. The molecule has 0 atom stereocenters. The summed E-state index contributed by atoms with van der Waals surface area (Å²) in [4.78, 5) is 28.4. The maximum Gasteiger partial charge on any atom is 0.336 e. The van der Waals surface area contributed by atoms with Crippen LogP contribution in [0.1, 0.15) is 16.1 Å². The maximum atomic E-state index is 12.1. The molecule has 0 aliphatic rings. The van der Waals surface area contributed by atoms with Gasteiger partial charge in [0, 0.05) is 27.4 Å². The van der Waals surface area contributed by atoms with Crippen LogP contribution in [0.15, 0.2) is 62.8 Å². The van der Waals surface area contributed by atoms with Crippen LogP contribution in [-0.4, -0.2) is 20.5 Å². The molecule has 0 aliphatic carbocycles. The molecule has 0 bridgehead atoms. The van der Waals surface area contributed by atoms with Gasteiger partial charge in [0.15, 0.2) is 0 Å². The van der Waals surface area contributed by atoms with E-state index in [9.17, 15) is 14.7 Å². The first-order valence-corrected chi connectivity index (χ1v) is 8.45. The number of carbonyl (C=O) groups is 1. The van der Waals surface area contributed by atoms with Crippen molar-refractivity contribution in [3.8, 4) is 0 Å². The standard InChI is InChI=1S/C16H11BrN2O3S/c17-10-5-6-14-18-11(7-15(20)19(14)8-10)9-23-13-4-2-1-3-12(13)16(21)22/h1-8H,9H2,(H,21,22). The molecule has 23 heavy (non-hydrogen) atoms. The Morgan fingerprint density at radius 1 is 1.26 bits per heavy atom. The van der Waals surface area contributed by atoms with E-state index in [-0.39, 0.29) is 11.1 Å². The van der Waals surface area contributed by atoms with Gasteiger partial charge in [0.25, 0.3) is 5.56 Å². The van der Waals surface area contributed by atoms with Gasteiger partial charge >= 0.3 is 5.97 Å². The Morgan fingerprint density at radius 2 is 2.04 bits per heavy atom. The molecule has 3 rings (SSSR count). The summed E-state index contributed by atoms with van der Waals surface area (Å²) < 4.78 is 2.26. The molecule has 0 saturated heterocycles. The second-order valence-electron chi connectivity index (χ2n) is 4.75. The van der Waals surface area contributed by atoms with Gasteiger partial charge in [0.2, 0.25) is 0 Å². The van der Waals surface area contributed by atoms with Crippen molar-refractivity contribution < 1.29 is 9.90 Å². The Bertz CT molecular complexity index is 955. The van der Waals surface area contributed by atoms with E-state index in [0.717, 1.165) is 4.47 Å². The average molecular weight is 391 g/mol. The van der Waals surface area contributed by atoms with Crippen molar-refractivity contribution in [2.45, 2.75) is 10.6 Å². The minimum Gasteiger partial charge on any atom is -0.478 e. The van der Waals surface area contributed by atoms with Crippen molar-refractivity contribution >= 4 is 39.3 Å². The molecule has 2 aromatic heterocycles. The van der Waals surface area contributed by atoms with Gasteiger partial charge in [-0.1, -0.05) is 12.1 Å². The fourth-order valence-electron chi connectivity index (χ4n) is 2.12. The van der Waals surface area contributed by atoms with Crippen LogP contribution in [0.4, 0.5) is 0 Å². The predicted octanol–water partition coefficient (Wildman–Crippen LogP) is 3.45. The normalized spacial score (nSPS) is 10.8. The Morgan fingerprint density at radius 3 is 2.83 bits per heavy atom. The molecule has 3 aromatic rings. The Kier molecular flexibility index (Phi) is 4.49. The minimum absolute atomic E-state index is 0.168. The number of hydrogen-bond donors (Lipinski definition) is 1. The summed E-state index contributed by atoms with van der Waals surface area (Å²) in [5, 5.41) is 9.19. The molecule has 7 heteroatoms. The Labute approximate surface area is 144 Å². The molecule has 0 unspecified atom stereocenters. The molecule has 0 amide bonds. The number of benzene rings is 1. The van der Waals surface area contributed by atoms with Crippen LogP contribution in [0.2, 0.25) is 0 Å². The number of carboxylic acids is 1. The number of pyridine rings is 1. The second-order valence-corrected chi connectivity index (χ2v) is 6.68. The minimum atomic E-state index is -0.968. The molecule has 5 nitrogen and oxygen atoms in total. The van der Waals surface area contributed by atoms with Gasteiger partial charge in [-0.15, -0.1) is 11.8 Å². The number of thioether (sulfide) groups is 1. The van der Waals surface area contributed by atoms with Gasteiger partial charge in [-0.3, -0.25) is 9.20 Å². The molecule has 2 heterocycles. The first kappa shape index (κ1) is 15.8. The first-order valence-electron chi connectivity index (χ1n) is 6.67. The lowest BCUT2D eigenvalue weighted by Gasteiger charge is -2.06. The first-order chi connectivity index (χ1) is 11.0. The summed E-state index contributed by atoms with van der Waals surface area (Å²) >= 11 is 4.67. The smallest absolute Gasteiger partial charge is 0.336 e. The van der Waals surface area contributed by atoms with Gasteiger partial charge in [-0.2, -0.15) is 0 Å². The number of nitrogens with zero attached hydrogens (tertiary/aromatic N) is 2. The second kappa shape index (κ2) is 6.55. The highest BCUT2D eigenvalue weighted by Crippen LogP contribution is 2.25. The van der Waals surface area contributed by atoms with Crippen molar-refractivity contribution in [2.75, 3.05) is 0 Å². The topological polar surface area (TPSA) is 71.7 Å². The zero-order valence-electron chi connectivity index (χ0n) is 11.8. The van der Waals surface area contributed by atoms with Gasteiger partial charge < -0.3 is 5.11 Å². The van der Waals surface area contributed by atoms with E-state index >= 15 is 0 Å². The highest BCUT2D eigenvalue weighted by Gasteiger charge is 2.10. The number of aromatic carboxylic acids is 1. The van der Waals surface area contributed by atoms with E-state index in [1.165, 1.54) is 22.2 Å². The summed E-state index contributed by atoms with van der Waals surface area (Å²) in [6.07, 6.45) is 1.67. The van der Waals surface area contributed by atoms with E-state index in [0.29, 0.717) is 22.0 Å². The molecule has 1 aromatic carbocycles. The van der Waals surface area contributed by atoms with Crippen LogP contribution in [0.5, 0.6) is 0 Å². The molecule has 1 N–H and O–H groups in total. The largest absolute Gasteiger partial charge is 0.478 e. The third-order valence-corrected chi connectivity index (χ3v) is 4.75. The molecule has 0 saturated carbocycles. The SMILES string of the molecule is O=C(O)c1ccccc1SCc1cc(=O)n2cc(Br)ccc2n1. The van der Waals surface area contributed by atoms with Crippen molar-refractivity contribution in [1.29, 1.82) is 0 Å². The lowest BCUT2D eigenvalue weighted by atomic mass is 10.2. The molecule has 116 valence electrons. The number of hydrogen-bond acceptors (Lipinski definition) is 4. The highest BCUT2D eigenvalue weighted by molar-refractivity contribution is 9.10. The quantitative estimate of drug-likeness (QED) is 0.690. The number of halogens is 1. The summed E-state index contributed by atoms with van der Waals surface area (Å²) in [7, 11) is 0. The van der Waals surface area contributed by atoms with Crippen molar-refractivity contribution in [1.82, 2.24) is 9.38 Å². The van der Waals surface area contributed by atoms with Crippen LogP contribution in [-0.2, 0) is 5.75 Å². The van der Waals surface area contributed by atoms with Gasteiger partial charge in [-0.25, -0.2) is 9.78 Å². The van der Waals surface area contributed by atoms with Crippen LogP contribution in [0.25, 0.3) is 5.65 Å². The summed E-state index contributed by atoms with van der Waals surface area (Å²) in [5.41, 5.74) is 1.25. The highest BCUT2D eigenvalue weighted by atomic mass is 79.9. The van der Waals surface area contributed by atoms with Crippen molar-refractivity contribution in [2.24, 2.45) is 0 Å². The average Bonchev–Trinajstić information content (AvgIpc) is 2.54. The monoisotopic (exact) mass is 390 g/mol. The molecule has 0 radical (unpaired) electrons. The Hall–Kier alpha value is -2.12. The zero-order valence-corrected chi connectivity index (χ0v) is 14.2. The fraction of sp³-hybridized carbons (Fsp3) is 0.0625. The molecule has 0 aliphatic heterocycles. The fourth-order valence-corrected chi connectivity index (χ4v) is 3.39. The lowest BCUT2D eigenvalue weighted by molar-refractivity contribution is 0.0693. The van der Waals surface area contributed by atoms with E-state index in [1.54, 1.807) is 36.5 Å². The van der Waals surface area contributed by atoms with Crippen LogP contribution in [0.3, 0.4) is 0 Å². The van der Waals surface area contributed by atoms with Gasteiger partial charge in [0.05, 0.1) is 11.3 Å². The summed E-state index contributed by atoms with van der Waals surface area (Å²) in [5.74, 6) is -0.545. The van der Waals surface area contributed by atoms with Crippen molar-refractivity contribution in [3.63, 3.8) is 0 Å². The number of carboxylic acid groups (broad SMARTS) is 1. The zero-order chi connectivity index (χ0) is 16.4. The van der Waals surface area contributed by atoms with Crippen LogP contribution in [0, 0.1) is 0 Å². The maximum absolute atomic E-state index is 12.1. The molecular weight excluding hydrogens is 380 g/mol. The number of rotatable bonds is 4. The lowest BCUT2D eigenvalue weighted by Crippen LogP contribution is -2.15. The van der Waals surface area contributed by atoms with Gasteiger partial charge in [0.1, 0.15) is 5.65 Å². The predicted molar refractivity (Wildman–Crippen MR) is 92.1 cm³/mol. The summed E-state index contributed by atoms with van der Waals surface area (Å²) in [6, 6.07) is 11.8. The third kappa shape index (κ3) is 3.46. The molecule has 0 spiro atoms. The van der Waals surface area contributed by atoms with Crippen LogP contribution < -0.4 is 5.56 Å². The molecule has 0 fully saturated rings. The van der Waals surface area contributed by atoms with E-state index in [1.807, 2.05) is 6.07 Å². The van der Waals surface area contributed by atoms with E-state index in [4.69, 9.17) is 0 Å². The number of fused-ring (bicyclic) bond motifs is 1. The summed E-state index contributed by atoms with van der Waals surface area (Å²) in [6.45, 7) is 0.